The highest BCUT2D eigenvalue weighted by Gasteiger charge is 2.47. The summed E-state index contributed by atoms with van der Waals surface area (Å²) in [6, 6.07) is 5.62. The van der Waals surface area contributed by atoms with Crippen LogP contribution in [0, 0.1) is 0 Å². The van der Waals surface area contributed by atoms with Crippen LogP contribution in [0.1, 0.15) is 5.56 Å². The topological polar surface area (TPSA) is 74.6 Å². The Labute approximate surface area is 95.3 Å². The van der Waals surface area contributed by atoms with Gasteiger partial charge in [0.2, 0.25) is 0 Å². The van der Waals surface area contributed by atoms with Crippen LogP contribution in [0.25, 0.3) is 0 Å². The monoisotopic (exact) mass is 246 g/mol. The van der Waals surface area contributed by atoms with E-state index in [1.54, 1.807) is 0 Å². The highest BCUT2D eigenvalue weighted by Crippen LogP contribution is 2.20. The maximum atomic E-state index is 13.6. The molecule has 0 amide bonds. The largest absolute Gasteiger partial charge is 0.478 e. The number of hydrogen-bond donors (Lipinski definition) is 2. The van der Waals surface area contributed by atoms with Crippen molar-refractivity contribution in [3.05, 3.63) is 34.9 Å². The fourth-order valence-electron chi connectivity index (χ4n) is 1.13. The van der Waals surface area contributed by atoms with E-state index >= 15 is 0 Å². The third kappa shape index (κ3) is 2.49. The molecule has 0 aliphatic carbocycles. The fourth-order valence-corrected chi connectivity index (χ4v) is 1.25. The predicted molar refractivity (Wildman–Crippen MR) is 54.3 cm³/mol. The van der Waals surface area contributed by atoms with Crippen molar-refractivity contribution in [2.45, 2.75) is 12.1 Å². The number of carboxylic acids is 2. The van der Waals surface area contributed by atoms with E-state index in [2.05, 4.69) is 0 Å². The molecule has 0 radical (unpaired) electrons. The number of benzene rings is 1. The first-order valence-electron chi connectivity index (χ1n) is 4.26. The summed E-state index contributed by atoms with van der Waals surface area (Å²) in [5.41, 5.74) is -3.06. The first-order chi connectivity index (χ1) is 7.36. The van der Waals surface area contributed by atoms with E-state index in [1.807, 2.05) is 0 Å². The Bertz CT molecular complexity index is 401. The zero-order chi connectivity index (χ0) is 12.3. The van der Waals surface area contributed by atoms with E-state index < -0.39 is 24.0 Å². The Balaban J connectivity index is 2.97. The van der Waals surface area contributed by atoms with Crippen molar-refractivity contribution in [2.75, 3.05) is 0 Å². The number of aliphatic carboxylic acids is 2. The van der Waals surface area contributed by atoms with Gasteiger partial charge in [-0.05, 0) is 17.7 Å². The van der Waals surface area contributed by atoms with Gasteiger partial charge in [-0.1, -0.05) is 23.7 Å². The Morgan fingerprint density at radius 2 is 1.62 bits per heavy atom. The van der Waals surface area contributed by atoms with Gasteiger partial charge in [0.25, 0.3) is 0 Å². The van der Waals surface area contributed by atoms with E-state index in [0.29, 0.717) is 5.02 Å². The van der Waals surface area contributed by atoms with Crippen LogP contribution in [-0.2, 0) is 16.0 Å². The van der Waals surface area contributed by atoms with Crippen molar-refractivity contribution in [1.29, 1.82) is 0 Å². The van der Waals surface area contributed by atoms with Crippen LogP contribution in [0.4, 0.5) is 4.39 Å². The highest BCUT2D eigenvalue weighted by molar-refractivity contribution is 6.30. The normalized spacial score (nSPS) is 11.1. The average Bonchev–Trinajstić information content (AvgIpc) is 2.20. The summed E-state index contributed by atoms with van der Waals surface area (Å²) >= 11 is 5.58. The van der Waals surface area contributed by atoms with Crippen LogP contribution in [0.15, 0.2) is 24.3 Å². The number of halogens is 2. The molecule has 0 saturated carbocycles. The maximum Gasteiger partial charge on any atom is 0.353 e. The summed E-state index contributed by atoms with van der Waals surface area (Å²) in [7, 11) is 0. The highest BCUT2D eigenvalue weighted by atomic mass is 35.5. The standard InChI is InChI=1S/C10H8ClFO4/c11-7-3-1-6(2-4-7)5-10(12,8(13)14)9(15)16/h1-4H,5H2,(H,13,14)(H,15,16). The Morgan fingerprint density at radius 3 is 2.00 bits per heavy atom. The van der Waals surface area contributed by atoms with Gasteiger partial charge in [-0.3, -0.25) is 0 Å². The molecule has 0 aliphatic rings. The number of carboxylic acid groups (broad SMARTS) is 2. The molecular weight excluding hydrogens is 239 g/mol. The molecule has 6 heteroatoms. The van der Waals surface area contributed by atoms with Crippen LogP contribution >= 0.6 is 11.6 Å². The third-order valence-electron chi connectivity index (χ3n) is 2.04. The lowest BCUT2D eigenvalue weighted by Crippen LogP contribution is -2.44. The number of carbonyl (C=O) groups is 2. The lowest BCUT2D eigenvalue weighted by Gasteiger charge is -2.15. The second-order valence-electron chi connectivity index (χ2n) is 3.21. The summed E-state index contributed by atoms with van der Waals surface area (Å²) < 4.78 is 13.6. The van der Waals surface area contributed by atoms with Crippen LogP contribution in [0.3, 0.4) is 0 Å². The van der Waals surface area contributed by atoms with Crippen molar-refractivity contribution < 1.29 is 24.2 Å². The Hall–Kier alpha value is -1.62. The van der Waals surface area contributed by atoms with Crippen molar-refractivity contribution in [1.82, 2.24) is 0 Å². The van der Waals surface area contributed by atoms with Crippen LogP contribution < -0.4 is 0 Å². The molecule has 0 saturated heterocycles. The molecule has 1 rings (SSSR count). The van der Waals surface area contributed by atoms with Crippen molar-refractivity contribution >= 4 is 23.5 Å². The number of alkyl halides is 1. The van der Waals surface area contributed by atoms with Gasteiger partial charge in [0.1, 0.15) is 0 Å². The summed E-state index contributed by atoms with van der Waals surface area (Å²) in [6.45, 7) is 0. The summed E-state index contributed by atoms with van der Waals surface area (Å²) in [5, 5.41) is 17.5. The molecule has 4 nitrogen and oxygen atoms in total. The molecular formula is C10H8ClFO4. The molecule has 0 bridgehead atoms. The van der Waals surface area contributed by atoms with Crippen LogP contribution in [0.2, 0.25) is 5.02 Å². The SMILES string of the molecule is O=C(O)C(F)(Cc1ccc(Cl)cc1)C(=O)O. The summed E-state index contributed by atoms with van der Waals surface area (Å²) in [6.07, 6.45) is -0.741. The Morgan fingerprint density at radius 1 is 1.19 bits per heavy atom. The second-order valence-corrected chi connectivity index (χ2v) is 3.65. The molecule has 86 valence electrons. The lowest BCUT2D eigenvalue weighted by molar-refractivity contribution is -0.166. The van der Waals surface area contributed by atoms with Crippen LogP contribution in [0.5, 0.6) is 0 Å². The van der Waals surface area contributed by atoms with Gasteiger partial charge in [-0.15, -0.1) is 0 Å². The lowest BCUT2D eigenvalue weighted by atomic mass is 9.96. The van der Waals surface area contributed by atoms with Gasteiger partial charge in [0.15, 0.2) is 0 Å². The zero-order valence-electron chi connectivity index (χ0n) is 7.98. The van der Waals surface area contributed by atoms with Gasteiger partial charge in [-0.2, -0.15) is 0 Å². The molecule has 0 aromatic heterocycles. The molecule has 1 aromatic rings. The molecule has 2 N–H and O–H groups in total. The molecule has 0 heterocycles. The smallest absolute Gasteiger partial charge is 0.353 e. The van der Waals surface area contributed by atoms with Crippen LogP contribution in [-0.4, -0.2) is 27.8 Å². The molecule has 0 unspecified atom stereocenters. The molecule has 0 fully saturated rings. The minimum atomic E-state index is -3.31. The molecule has 16 heavy (non-hydrogen) atoms. The summed E-state index contributed by atoms with van der Waals surface area (Å²) in [4.78, 5) is 21.1. The minimum absolute atomic E-state index is 0.247. The van der Waals surface area contributed by atoms with E-state index in [-0.39, 0.29) is 5.56 Å². The van der Waals surface area contributed by atoms with Gasteiger partial charge in [-0.25, -0.2) is 14.0 Å². The van der Waals surface area contributed by atoms with E-state index in [9.17, 15) is 14.0 Å². The second kappa shape index (κ2) is 4.49. The van der Waals surface area contributed by atoms with Crippen molar-refractivity contribution in [3.8, 4) is 0 Å². The van der Waals surface area contributed by atoms with E-state index in [0.717, 1.165) is 0 Å². The predicted octanol–water partition coefficient (Wildman–Crippen LogP) is 1.76. The zero-order valence-corrected chi connectivity index (χ0v) is 8.74. The average molecular weight is 247 g/mol. The molecule has 0 aliphatic heterocycles. The third-order valence-corrected chi connectivity index (χ3v) is 2.29. The molecule has 0 spiro atoms. The number of hydrogen-bond acceptors (Lipinski definition) is 2. The van der Waals surface area contributed by atoms with Crippen molar-refractivity contribution in [3.63, 3.8) is 0 Å². The number of rotatable bonds is 4. The summed E-state index contributed by atoms with van der Waals surface area (Å²) in [5.74, 6) is -4.04. The maximum absolute atomic E-state index is 13.6. The van der Waals surface area contributed by atoms with Gasteiger partial charge in [0, 0.05) is 11.4 Å². The first kappa shape index (κ1) is 12.4. The van der Waals surface area contributed by atoms with Gasteiger partial charge >= 0.3 is 17.6 Å². The fraction of sp³-hybridized carbons (Fsp3) is 0.200. The molecule has 1 aromatic carbocycles. The quantitative estimate of drug-likeness (QED) is 0.794. The first-order valence-corrected chi connectivity index (χ1v) is 4.64. The Kier molecular flexibility index (Phi) is 3.49. The minimum Gasteiger partial charge on any atom is -0.478 e. The molecule has 0 atom stereocenters. The van der Waals surface area contributed by atoms with E-state index in [1.165, 1.54) is 24.3 Å². The van der Waals surface area contributed by atoms with Gasteiger partial charge in [0.05, 0.1) is 0 Å². The van der Waals surface area contributed by atoms with Gasteiger partial charge < -0.3 is 10.2 Å². The van der Waals surface area contributed by atoms with E-state index in [4.69, 9.17) is 21.8 Å². The van der Waals surface area contributed by atoms with Crippen molar-refractivity contribution in [2.24, 2.45) is 0 Å².